The molecule has 1 heterocycles. The molecular formula is C50H88N12O17S4. The third-order valence-electron chi connectivity index (χ3n) is 12.5. The number of carboxylic acids is 2. The first kappa shape index (κ1) is 73.7. The van der Waals surface area contributed by atoms with Gasteiger partial charge in [0.05, 0.1) is 49.2 Å². The quantitative estimate of drug-likeness (QED) is 0.0342. The van der Waals surface area contributed by atoms with Gasteiger partial charge >= 0.3 is 11.9 Å². The fourth-order valence-electron chi connectivity index (χ4n) is 9.01. The Hall–Kier alpha value is -5.39. The summed E-state index contributed by atoms with van der Waals surface area (Å²) in [6.07, 6.45) is 0.0480. The molecule has 1 aromatic heterocycles. The zero-order valence-electron chi connectivity index (χ0n) is 48.7. The number of benzene rings is 1. The summed E-state index contributed by atoms with van der Waals surface area (Å²) in [5, 5.41) is 32.5. The van der Waals surface area contributed by atoms with Crippen LogP contribution < -0.4 is 38.1 Å². The number of nitrogens with zero attached hydrogens (tertiary/aromatic N) is 4. The first-order valence-corrected chi connectivity index (χ1v) is 33.6. The molecule has 83 heavy (non-hydrogen) atoms. The molecule has 0 fully saturated rings. The van der Waals surface area contributed by atoms with Gasteiger partial charge in [-0.05, 0) is 55.1 Å². The van der Waals surface area contributed by atoms with Gasteiger partial charge in [0, 0.05) is 107 Å². The van der Waals surface area contributed by atoms with Crippen LogP contribution in [0.4, 0.5) is 0 Å². The Morgan fingerprint density at radius 1 is 0.542 bits per heavy atom. The second kappa shape index (κ2) is 34.5. The Morgan fingerprint density at radius 3 is 1.34 bits per heavy atom. The van der Waals surface area contributed by atoms with Crippen LogP contribution in [0, 0.1) is 17.8 Å². The lowest BCUT2D eigenvalue weighted by molar-refractivity contribution is -0.138. The molecule has 0 saturated carbocycles. The van der Waals surface area contributed by atoms with Crippen LogP contribution in [-0.2, 0) is 80.1 Å². The third kappa shape index (κ3) is 27.5. The number of para-hydroxylation sites is 1. The van der Waals surface area contributed by atoms with Gasteiger partial charge in [0.2, 0.25) is 69.6 Å². The second-order valence-electron chi connectivity index (χ2n) is 21.6. The molecule has 0 spiro atoms. The number of rotatable bonds is 42. The predicted octanol–water partition coefficient (Wildman–Crippen LogP) is -2.05. The topological polar surface area (TPSA) is 437 Å². The zero-order chi connectivity index (χ0) is 63.0. The summed E-state index contributed by atoms with van der Waals surface area (Å²) in [5.41, 5.74) is 12.6. The van der Waals surface area contributed by atoms with Gasteiger partial charge < -0.3 is 53.2 Å². The minimum absolute atomic E-state index is 0.0790. The monoisotopic (exact) mass is 1260 g/mol. The number of aromatic amines is 1. The number of nitrogens with two attached hydrogens (primary N) is 2. The van der Waals surface area contributed by atoms with Crippen molar-refractivity contribution in [1.82, 2.24) is 48.8 Å². The number of aliphatic carboxylic acids is 2. The van der Waals surface area contributed by atoms with Crippen molar-refractivity contribution >= 4 is 92.5 Å². The van der Waals surface area contributed by atoms with Gasteiger partial charge in [0.25, 0.3) is 0 Å². The number of carbonyl (C=O) groups excluding carboxylic acids is 5. The van der Waals surface area contributed by atoms with E-state index in [1.165, 1.54) is 7.05 Å². The molecule has 0 aliphatic rings. The average molecular weight is 1260 g/mol. The first-order valence-electron chi connectivity index (χ1n) is 27.2. The molecule has 0 unspecified atom stereocenters. The van der Waals surface area contributed by atoms with E-state index in [1.807, 2.05) is 0 Å². The summed E-state index contributed by atoms with van der Waals surface area (Å²) in [6.45, 7) is 4.76. The van der Waals surface area contributed by atoms with Gasteiger partial charge in [-0.1, -0.05) is 59.7 Å². The van der Waals surface area contributed by atoms with E-state index in [-0.39, 0.29) is 38.1 Å². The molecular weight excluding hydrogens is 1170 g/mol. The van der Waals surface area contributed by atoms with Crippen molar-refractivity contribution in [2.24, 2.45) is 29.2 Å². The molecule has 474 valence electrons. The van der Waals surface area contributed by atoms with Gasteiger partial charge in [0.1, 0.15) is 0 Å². The molecule has 1 aromatic carbocycles. The van der Waals surface area contributed by atoms with Gasteiger partial charge in [0.15, 0.2) is 0 Å². The molecule has 33 heteroatoms. The molecule has 2 rings (SSSR count). The van der Waals surface area contributed by atoms with Crippen LogP contribution in [0.5, 0.6) is 0 Å². The summed E-state index contributed by atoms with van der Waals surface area (Å²) in [7, 11) is -16.1. The van der Waals surface area contributed by atoms with Gasteiger partial charge in [-0.3, -0.25) is 33.6 Å². The van der Waals surface area contributed by atoms with Crippen molar-refractivity contribution in [3.05, 3.63) is 36.0 Å². The molecule has 2 aromatic rings. The van der Waals surface area contributed by atoms with Crippen molar-refractivity contribution in [1.29, 1.82) is 0 Å². The van der Waals surface area contributed by atoms with Crippen LogP contribution in [0.2, 0.25) is 0 Å². The maximum Gasteiger partial charge on any atom is 0.303 e. The van der Waals surface area contributed by atoms with Crippen molar-refractivity contribution in [2.45, 2.75) is 111 Å². The predicted molar refractivity (Wildman–Crippen MR) is 312 cm³/mol. The van der Waals surface area contributed by atoms with E-state index in [0.717, 1.165) is 24.1 Å². The van der Waals surface area contributed by atoms with Crippen LogP contribution in [-0.4, -0.2) is 227 Å². The maximum absolute atomic E-state index is 14.5. The van der Waals surface area contributed by atoms with Crippen molar-refractivity contribution in [3.8, 4) is 0 Å². The zero-order valence-corrected chi connectivity index (χ0v) is 51.9. The summed E-state index contributed by atoms with van der Waals surface area (Å²) in [5.74, 6) is -10.0. The van der Waals surface area contributed by atoms with Crippen molar-refractivity contribution in [3.63, 3.8) is 0 Å². The summed E-state index contributed by atoms with van der Waals surface area (Å²) >= 11 is 0. The van der Waals surface area contributed by atoms with Crippen LogP contribution in [0.25, 0.3) is 10.9 Å². The standard InChI is InChI=1S/C50H88N12O17S4/c1-34(2)21-41(57-47(66)29-59(80(72,73)19-17-51)24-39(55-37(7)63)13-15-49(68)69)26-60(81(74,75)20-18-52)30-48(67)58-42(22-38-23-54-44-12-10-9-11-43(38)44)27-62(83(78,79)33-36(5)6)31-46(65)56-40(14-16-50(70)71)25-61(28-45(64)53-8)82(76,77)32-35(3)4/h9-12,23,34-36,39-42,54H,13-22,24-33,51-52H2,1-8H3,(H,53,64)(H,55,63)(H,56,65)(H,57,66)(H,58,67)(H,68,69)(H,70,71)/t39-,40-,41-,42-/m0/s1. The van der Waals surface area contributed by atoms with Gasteiger partial charge in [-0.2, -0.15) is 17.2 Å². The number of likely N-dealkylation sites (N-methyl/N-ethyl adjacent to an activating group) is 1. The highest BCUT2D eigenvalue weighted by Gasteiger charge is 2.35. The molecule has 0 saturated heterocycles. The largest absolute Gasteiger partial charge is 0.481 e. The first-order chi connectivity index (χ1) is 38.5. The van der Waals surface area contributed by atoms with Gasteiger partial charge in [-0.25, -0.2) is 33.7 Å². The normalized spacial score (nSPS) is 14.1. The lowest BCUT2D eigenvalue weighted by Gasteiger charge is -2.31. The Labute approximate surface area is 488 Å². The highest BCUT2D eigenvalue weighted by atomic mass is 32.2. The molecule has 4 atom stereocenters. The smallest absolute Gasteiger partial charge is 0.303 e. The lowest BCUT2D eigenvalue weighted by Crippen LogP contribution is -2.55. The number of amides is 5. The average Bonchev–Trinajstić information content (AvgIpc) is 3.74. The van der Waals surface area contributed by atoms with Crippen LogP contribution in [0.1, 0.15) is 86.1 Å². The van der Waals surface area contributed by atoms with E-state index < -0.39 is 212 Å². The minimum atomic E-state index is -4.45. The minimum Gasteiger partial charge on any atom is -0.481 e. The number of aromatic nitrogens is 1. The maximum atomic E-state index is 14.5. The molecule has 29 nitrogen and oxygen atoms in total. The van der Waals surface area contributed by atoms with E-state index in [4.69, 9.17) is 11.5 Å². The molecule has 0 radical (unpaired) electrons. The van der Waals surface area contributed by atoms with E-state index in [1.54, 1.807) is 72.0 Å². The number of sulfonamides is 4. The highest BCUT2D eigenvalue weighted by molar-refractivity contribution is 7.90. The Bertz CT molecular complexity index is 2940. The second-order valence-corrected chi connectivity index (χ2v) is 29.9. The number of fused-ring (bicyclic) bond motifs is 1. The molecule has 12 N–H and O–H groups in total. The summed E-state index contributed by atoms with van der Waals surface area (Å²) < 4.78 is 114. The van der Waals surface area contributed by atoms with E-state index in [9.17, 15) is 77.4 Å². The van der Waals surface area contributed by atoms with E-state index in [2.05, 4.69) is 31.6 Å². The number of hydrogen-bond donors (Lipinski definition) is 10. The Balaban J connectivity index is 2.69. The molecule has 0 bridgehead atoms. The number of carboxylic acid groups (broad SMARTS) is 2. The lowest BCUT2D eigenvalue weighted by atomic mass is 10.0. The fourth-order valence-corrected chi connectivity index (χ4v) is 15.1. The van der Waals surface area contributed by atoms with Crippen molar-refractivity contribution < 1.29 is 77.4 Å². The number of hydrogen-bond acceptors (Lipinski definition) is 17. The van der Waals surface area contributed by atoms with E-state index >= 15 is 0 Å². The van der Waals surface area contributed by atoms with Crippen molar-refractivity contribution in [2.75, 3.05) is 95.5 Å². The fraction of sp³-hybridized carbons (Fsp3) is 0.700. The number of carbonyl (C=O) groups is 7. The van der Waals surface area contributed by atoms with Crippen LogP contribution in [0.3, 0.4) is 0 Å². The molecule has 5 amide bonds. The Kier molecular flexibility index (Phi) is 30.7. The third-order valence-corrected chi connectivity index (χ3v) is 20.4. The van der Waals surface area contributed by atoms with Crippen LogP contribution in [0.15, 0.2) is 30.5 Å². The SMILES string of the molecule is CNC(=O)CN(C[C@H](CCC(=O)O)NC(=O)CN(C[C@H](Cc1c[nH]c2ccccc12)NC(=O)CN(C[C@H](CC(C)C)NC(=O)CN(C[C@H](CCC(=O)O)NC(C)=O)S(=O)(=O)CCN)S(=O)(=O)CCN)S(=O)(=O)CC(C)C)S(=O)(=O)CC(C)C. The Morgan fingerprint density at radius 2 is 0.928 bits per heavy atom. The van der Waals surface area contributed by atoms with E-state index in [0.29, 0.717) is 16.5 Å². The number of nitrogens with one attached hydrogen (secondary N) is 6. The number of H-pyrrole nitrogens is 1. The summed E-state index contributed by atoms with van der Waals surface area (Å²) in [4.78, 5) is 93.5. The highest BCUT2D eigenvalue weighted by Crippen LogP contribution is 2.21. The summed E-state index contributed by atoms with van der Waals surface area (Å²) in [6, 6.07) is 2.43. The molecule has 0 aliphatic carbocycles. The van der Waals surface area contributed by atoms with Gasteiger partial charge in [-0.15, -0.1) is 0 Å². The molecule has 0 aliphatic heterocycles. The van der Waals surface area contributed by atoms with Crippen LogP contribution >= 0.6 is 0 Å².